The molecule has 3 atom stereocenters. The molecule has 3 rings (SSSR count). The molecular weight excluding hydrogens is 512 g/mol. The van der Waals surface area contributed by atoms with Gasteiger partial charge in [-0.2, -0.15) is 5.10 Å². The summed E-state index contributed by atoms with van der Waals surface area (Å²) in [6.07, 6.45) is 16.0. The molecule has 0 saturated carbocycles. The Balaban J connectivity index is 0. The van der Waals surface area contributed by atoms with Crippen LogP contribution in [0, 0.1) is 0 Å². The summed E-state index contributed by atoms with van der Waals surface area (Å²) in [6, 6.07) is 0. The maximum Gasteiger partial charge on any atom is 0.158 e. The van der Waals surface area contributed by atoms with Crippen molar-refractivity contribution in [3.8, 4) is 0 Å². The maximum absolute atomic E-state index is 5.55. The molecule has 0 radical (unpaired) electrons. The summed E-state index contributed by atoms with van der Waals surface area (Å²) in [4.78, 5) is 4.43. The Hall–Kier alpha value is -2.06. The van der Waals surface area contributed by atoms with E-state index in [4.69, 9.17) is 14.2 Å². The van der Waals surface area contributed by atoms with E-state index in [2.05, 4.69) is 85.7 Å². The van der Waals surface area contributed by atoms with Crippen LogP contribution in [-0.4, -0.2) is 81.0 Å². The number of fused-ring (bicyclic) bond motifs is 1. The van der Waals surface area contributed by atoms with E-state index in [9.17, 15) is 0 Å². The summed E-state index contributed by atoms with van der Waals surface area (Å²) in [6.45, 7) is 25.6. The molecule has 1 aromatic rings. The predicted molar refractivity (Wildman–Crippen MR) is 179 cm³/mol. The Bertz CT molecular complexity index is 919. The molecule has 0 aromatic carbocycles. The minimum atomic E-state index is 0.136. The van der Waals surface area contributed by atoms with Gasteiger partial charge in [-0.25, -0.2) is 0 Å². The lowest BCUT2D eigenvalue weighted by Gasteiger charge is -2.26. The third kappa shape index (κ3) is 15.7. The highest BCUT2D eigenvalue weighted by Crippen LogP contribution is 2.15. The van der Waals surface area contributed by atoms with Crippen LogP contribution in [0.3, 0.4) is 0 Å². The Labute approximate surface area is 253 Å². The number of nitrogens with zero attached hydrogens (tertiary/aromatic N) is 4. The normalized spacial score (nSPS) is 19.1. The number of anilines is 1. The van der Waals surface area contributed by atoms with Crippen molar-refractivity contribution in [2.75, 3.05) is 52.5 Å². The molecule has 3 unspecified atom stereocenters. The van der Waals surface area contributed by atoms with E-state index in [0.717, 1.165) is 63.3 Å². The smallest absolute Gasteiger partial charge is 0.158 e. The standard InChI is InChI=1S/C16H25N3O.C12H21NO2.3C2H6/c1-5-10-19(3)16-14-11-12(20-4)8-7-9-13(14)15(6-2)17-18-16;1-4-11-9-12(15-10-14-11)7-6-8-13(3)5-2;3*1-2/h9,11-12H,5-8,10H2,1-4H3;4,6-7,11-12H,1,5,8-10H2,2-3H3;3*1-2H3/b;7-6+;;;. The molecule has 7 heteroatoms. The van der Waals surface area contributed by atoms with Crippen LogP contribution in [0.5, 0.6) is 0 Å². The average Bonchev–Trinajstić information content (AvgIpc) is 3.27. The Morgan fingerprint density at radius 3 is 2.22 bits per heavy atom. The second-order valence-corrected chi connectivity index (χ2v) is 9.08. The molecule has 0 bridgehead atoms. The van der Waals surface area contributed by atoms with Gasteiger partial charge in [-0.15, -0.1) is 11.7 Å². The molecule has 1 fully saturated rings. The predicted octanol–water partition coefficient (Wildman–Crippen LogP) is 6.15. The van der Waals surface area contributed by atoms with E-state index in [1.165, 1.54) is 10.4 Å². The lowest BCUT2D eigenvalue weighted by atomic mass is 10.1. The first-order chi connectivity index (χ1) is 20.0. The quantitative estimate of drug-likeness (QED) is 0.310. The monoisotopic (exact) mass is 576 g/mol. The minimum absolute atomic E-state index is 0.136. The van der Waals surface area contributed by atoms with Gasteiger partial charge in [0.05, 0.1) is 24.0 Å². The lowest BCUT2D eigenvalue weighted by molar-refractivity contribution is -0.147. The van der Waals surface area contributed by atoms with Gasteiger partial charge >= 0.3 is 0 Å². The van der Waals surface area contributed by atoms with Gasteiger partial charge < -0.3 is 24.0 Å². The number of hydrogen-bond donors (Lipinski definition) is 0. The van der Waals surface area contributed by atoms with E-state index in [1.54, 1.807) is 7.11 Å². The largest absolute Gasteiger partial charge is 0.377 e. The first-order valence-electron chi connectivity index (χ1n) is 16.0. The van der Waals surface area contributed by atoms with Crippen molar-refractivity contribution in [3.05, 3.63) is 40.9 Å². The molecule has 7 nitrogen and oxygen atoms in total. The van der Waals surface area contributed by atoms with E-state index in [0.29, 0.717) is 6.79 Å². The highest BCUT2D eigenvalue weighted by molar-refractivity contribution is 5.50. The number of aryl methyl sites for hydroxylation is 1. The van der Waals surface area contributed by atoms with Gasteiger partial charge in [0.15, 0.2) is 5.82 Å². The van der Waals surface area contributed by atoms with E-state index >= 15 is 0 Å². The molecule has 1 aliphatic heterocycles. The van der Waals surface area contributed by atoms with Crippen LogP contribution in [0.1, 0.15) is 93.7 Å². The fraction of sp³-hybridized carbons (Fsp3) is 0.706. The molecule has 0 N–H and O–H groups in total. The maximum atomic E-state index is 5.55. The topological polar surface area (TPSA) is 60.0 Å². The number of aromatic nitrogens is 2. The molecule has 1 aliphatic carbocycles. The fourth-order valence-electron chi connectivity index (χ4n) is 4.11. The van der Waals surface area contributed by atoms with Gasteiger partial charge in [-0.1, -0.05) is 86.6 Å². The first-order valence-corrected chi connectivity index (χ1v) is 16.0. The highest BCUT2D eigenvalue weighted by Gasteiger charge is 2.18. The van der Waals surface area contributed by atoms with Crippen molar-refractivity contribution in [2.24, 2.45) is 0 Å². The Morgan fingerprint density at radius 2 is 1.66 bits per heavy atom. The summed E-state index contributed by atoms with van der Waals surface area (Å²) < 4.78 is 16.3. The number of ether oxygens (including phenoxy) is 3. The van der Waals surface area contributed by atoms with Crippen molar-refractivity contribution in [2.45, 2.75) is 113 Å². The van der Waals surface area contributed by atoms with Crippen molar-refractivity contribution in [1.82, 2.24) is 15.1 Å². The zero-order chi connectivity index (χ0) is 31.6. The molecule has 238 valence electrons. The van der Waals surface area contributed by atoms with Gasteiger partial charge in [0, 0.05) is 44.1 Å². The summed E-state index contributed by atoms with van der Waals surface area (Å²) in [5.74, 6) is 0.972. The van der Waals surface area contributed by atoms with Crippen molar-refractivity contribution in [3.63, 3.8) is 0 Å². The number of methoxy groups -OCH3 is 1. The van der Waals surface area contributed by atoms with Gasteiger partial charge in [0.25, 0.3) is 0 Å². The number of hydrogen-bond acceptors (Lipinski definition) is 7. The molecule has 2 heterocycles. The van der Waals surface area contributed by atoms with Crippen LogP contribution >= 0.6 is 0 Å². The molecule has 2 aliphatic rings. The Morgan fingerprint density at radius 1 is 1.00 bits per heavy atom. The van der Waals surface area contributed by atoms with Gasteiger partial charge in [-0.05, 0) is 45.4 Å². The van der Waals surface area contributed by atoms with Gasteiger partial charge in [0.2, 0.25) is 0 Å². The molecule has 0 amide bonds. The third-order valence-electron chi connectivity index (χ3n) is 6.42. The van der Waals surface area contributed by atoms with Crippen LogP contribution < -0.4 is 15.3 Å². The number of likely N-dealkylation sites (N-methyl/N-ethyl adjacent to an activating group) is 1. The molecule has 1 saturated heterocycles. The van der Waals surface area contributed by atoms with Crippen LogP contribution in [-0.2, 0) is 20.6 Å². The van der Waals surface area contributed by atoms with Gasteiger partial charge in [0.1, 0.15) is 6.79 Å². The van der Waals surface area contributed by atoms with Crippen LogP contribution in [0.15, 0.2) is 24.8 Å². The second-order valence-electron chi connectivity index (χ2n) is 9.08. The third-order valence-corrected chi connectivity index (χ3v) is 6.42. The Kier molecular flexibility index (Phi) is 26.9. The average molecular weight is 577 g/mol. The zero-order valence-electron chi connectivity index (χ0n) is 28.7. The fourth-order valence-corrected chi connectivity index (χ4v) is 4.11. The summed E-state index contributed by atoms with van der Waals surface area (Å²) >= 11 is 0. The summed E-state index contributed by atoms with van der Waals surface area (Å²) in [5.41, 5.74) is 1.08. The van der Waals surface area contributed by atoms with E-state index in [-0.39, 0.29) is 18.3 Å². The minimum Gasteiger partial charge on any atom is -0.377 e. The van der Waals surface area contributed by atoms with Crippen molar-refractivity contribution < 1.29 is 14.2 Å². The van der Waals surface area contributed by atoms with Crippen molar-refractivity contribution in [1.29, 1.82) is 0 Å². The van der Waals surface area contributed by atoms with Crippen LogP contribution in [0.25, 0.3) is 12.2 Å². The zero-order valence-corrected chi connectivity index (χ0v) is 28.7. The van der Waals surface area contributed by atoms with Crippen molar-refractivity contribution >= 4 is 18.0 Å². The number of rotatable bonds is 10. The summed E-state index contributed by atoms with van der Waals surface area (Å²) in [5, 5.41) is 11.3. The SMILES string of the molecule is C=CC1CC(/C=C/CN(C)CC)OCO1.CC.CC.CC.CCCN(C)c1nnc(CC)c2c1=CC(OC)CCC=2. The molecule has 1 aromatic heterocycles. The van der Waals surface area contributed by atoms with E-state index < -0.39 is 0 Å². The second kappa shape index (κ2) is 26.8. The highest BCUT2D eigenvalue weighted by atomic mass is 16.7. The lowest BCUT2D eigenvalue weighted by Crippen LogP contribution is -2.38. The first kappa shape index (κ1) is 41.1. The molecule has 0 spiro atoms. The van der Waals surface area contributed by atoms with E-state index in [1.807, 2.05) is 47.6 Å². The molecular formula is C34H64N4O3. The molecule has 41 heavy (non-hydrogen) atoms. The van der Waals surface area contributed by atoms with Gasteiger partial charge in [-0.3, -0.25) is 0 Å². The summed E-state index contributed by atoms with van der Waals surface area (Å²) in [7, 11) is 5.96. The van der Waals surface area contributed by atoms with Crippen LogP contribution in [0.4, 0.5) is 5.82 Å². The van der Waals surface area contributed by atoms with Crippen LogP contribution in [0.2, 0.25) is 0 Å².